The van der Waals surface area contributed by atoms with E-state index in [9.17, 15) is 10.2 Å². The fourth-order valence-corrected chi connectivity index (χ4v) is 1.43. The van der Waals surface area contributed by atoms with Gasteiger partial charge in [-0.3, -0.25) is 5.41 Å². The molecule has 1 aromatic carbocycles. The Morgan fingerprint density at radius 3 is 2.71 bits per heavy atom. The molecule has 0 aliphatic carbocycles. The average Bonchev–Trinajstić information content (AvgIpc) is 2.34. The number of azide groups is 1. The molecule has 5 N–H and O–H groups in total. The summed E-state index contributed by atoms with van der Waals surface area (Å²) < 4.78 is 0. The summed E-state index contributed by atoms with van der Waals surface area (Å²) in [5, 5.41) is 30.0. The predicted octanol–water partition coefficient (Wildman–Crippen LogP) is 0.675. The fraction of sp³-hybridized carbons (Fsp3) is 0.300. The Morgan fingerprint density at radius 2 is 2.12 bits per heavy atom. The third-order valence-corrected chi connectivity index (χ3v) is 2.27. The van der Waals surface area contributed by atoms with Crippen LogP contribution in [0.15, 0.2) is 29.4 Å². The number of hydrogen-bond acceptors (Lipinski definition) is 4. The molecule has 17 heavy (non-hydrogen) atoms. The minimum absolute atomic E-state index is 0.198. The van der Waals surface area contributed by atoms with Crippen molar-refractivity contribution in [3.8, 4) is 0 Å². The second kappa shape index (κ2) is 5.86. The third-order valence-electron chi connectivity index (χ3n) is 2.27. The van der Waals surface area contributed by atoms with E-state index in [1.165, 1.54) is 0 Å². The maximum Gasteiger partial charge on any atom is 0.123 e. The topological polar surface area (TPSA) is 139 Å². The molecule has 0 heterocycles. The normalized spacial score (nSPS) is 13.5. The summed E-state index contributed by atoms with van der Waals surface area (Å²) in [6, 6.07) is 6.46. The number of nitrogens with one attached hydrogen (secondary N) is 1. The zero-order chi connectivity index (χ0) is 12.8. The highest BCUT2D eigenvalue weighted by molar-refractivity contribution is 5.96. The van der Waals surface area contributed by atoms with Gasteiger partial charge in [0, 0.05) is 10.5 Å². The molecule has 0 aliphatic heterocycles. The van der Waals surface area contributed by atoms with Gasteiger partial charge in [0.2, 0.25) is 0 Å². The number of nitrogens with zero attached hydrogens (tertiary/aromatic N) is 3. The van der Waals surface area contributed by atoms with Crippen LogP contribution in [0.2, 0.25) is 0 Å². The van der Waals surface area contributed by atoms with Gasteiger partial charge in [-0.25, -0.2) is 0 Å². The summed E-state index contributed by atoms with van der Waals surface area (Å²) in [7, 11) is 0. The minimum atomic E-state index is -1.25. The Bertz CT molecular complexity index is 456. The van der Waals surface area contributed by atoms with Crippen LogP contribution in [-0.4, -0.2) is 28.7 Å². The molecule has 0 radical (unpaired) electrons. The molecule has 0 saturated heterocycles. The molecule has 0 spiro atoms. The zero-order valence-corrected chi connectivity index (χ0v) is 8.98. The van der Waals surface area contributed by atoms with Crippen molar-refractivity contribution in [3.05, 3.63) is 45.8 Å². The van der Waals surface area contributed by atoms with Gasteiger partial charge in [-0.1, -0.05) is 29.4 Å². The van der Waals surface area contributed by atoms with Crippen LogP contribution in [0, 0.1) is 5.41 Å². The summed E-state index contributed by atoms with van der Waals surface area (Å²) in [6.45, 7) is -0.246. The molecular weight excluding hydrogens is 222 g/mol. The van der Waals surface area contributed by atoms with E-state index in [1.54, 1.807) is 24.3 Å². The summed E-state index contributed by atoms with van der Waals surface area (Å²) >= 11 is 0. The fourth-order valence-electron chi connectivity index (χ4n) is 1.43. The Kier molecular flexibility index (Phi) is 4.47. The van der Waals surface area contributed by atoms with Crippen molar-refractivity contribution in [1.29, 1.82) is 5.41 Å². The first-order chi connectivity index (χ1) is 8.07. The van der Waals surface area contributed by atoms with Crippen LogP contribution in [0.5, 0.6) is 0 Å². The first kappa shape index (κ1) is 13.0. The van der Waals surface area contributed by atoms with Crippen molar-refractivity contribution < 1.29 is 10.2 Å². The number of aliphatic hydroxyl groups excluding tert-OH is 2. The van der Waals surface area contributed by atoms with Crippen LogP contribution >= 0.6 is 0 Å². The van der Waals surface area contributed by atoms with E-state index in [2.05, 4.69) is 10.0 Å². The lowest BCUT2D eigenvalue weighted by Crippen LogP contribution is -2.24. The second-order valence-electron chi connectivity index (χ2n) is 3.43. The number of aliphatic hydroxyl groups is 2. The van der Waals surface area contributed by atoms with Crippen LogP contribution in [0.1, 0.15) is 17.2 Å². The highest BCUT2D eigenvalue weighted by atomic mass is 16.3. The smallest absolute Gasteiger partial charge is 0.123 e. The summed E-state index contributed by atoms with van der Waals surface area (Å²) in [6.07, 6.45) is -2.48. The summed E-state index contributed by atoms with van der Waals surface area (Å²) in [4.78, 5) is 2.50. The minimum Gasteiger partial charge on any atom is -0.390 e. The van der Waals surface area contributed by atoms with Crippen LogP contribution in [0.3, 0.4) is 0 Å². The van der Waals surface area contributed by atoms with Crippen molar-refractivity contribution in [2.24, 2.45) is 10.8 Å². The van der Waals surface area contributed by atoms with Gasteiger partial charge >= 0.3 is 0 Å². The highest BCUT2D eigenvalue weighted by Gasteiger charge is 2.20. The van der Waals surface area contributed by atoms with E-state index in [1.807, 2.05) is 0 Å². The molecule has 1 rings (SSSR count). The number of nitrogen functional groups attached to an aromatic ring is 1. The van der Waals surface area contributed by atoms with Gasteiger partial charge in [0.15, 0.2) is 0 Å². The third kappa shape index (κ3) is 3.18. The average molecular weight is 235 g/mol. The zero-order valence-electron chi connectivity index (χ0n) is 8.98. The second-order valence-corrected chi connectivity index (χ2v) is 3.43. The van der Waals surface area contributed by atoms with Crippen LogP contribution in [0.25, 0.3) is 10.4 Å². The molecule has 7 heteroatoms. The number of amidine groups is 1. The van der Waals surface area contributed by atoms with Gasteiger partial charge in [0.1, 0.15) is 11.9 Å². The van der Waals surface area contributed by atoms with Crippen molar-refractivity contribution in [2.45, 2.75) is 12.2 Å². The van der Waals surface area contributed by atoms with Gasteiger partial charge in [-0.2, -0.15) is 0 Å². The Hall–Kier alpha value is -2.08. The van der Waals surface area contributed by atoms with Crippen LogP contribution < -0.4 is 5.73 Å². The number of nitrogens with two attached hydrogens (primary N) is 1. The Labute approximate surface area is 97.6 Å². The molecule has 0 bridgehead atoms. The number of benzene rings is 1. The maximum absolute atomic E-state index is 9.86. The molecule has 0 fully saturated rings. The van der Waals surface area contributed by atoms with Crippen LogP contribution in [0.4, 0.5) is 0 Å². The molecule has 0 saturated carbocycles. The van der Waals surface area contributed by atoms with Crippen molar-refractivity contribution >= 4 is 5.84 Å². The molecule has 0 amide bonds. The van der Waals surface area contributed by atoms with E-state index >= 15 is 0 Å². The van der Waals surface area contributed by atoms with E-state index in [0.717, 1.165) is 0 Å². The van der Waals surface area contributed by atoms with Gasteiger partial charge in [-0.15, -0.1) is 0 Å². The largest absolute Gasteiger partial charge is 0.390 e. The lowest BCUT2D eigenvalue weighted by Gasteiger charge is -2.18. The Morgan fingerprint density at radius 1 is 1.47 bits per heavy atom. The van der Waals surface area contributed by atoms with E-state index < -0.39 is 12.2 Å². The maximum atomic E-state index is 9.86. The molecular formula is C10H13N5O2. The first-order valence-corrected chi connectivity index (χ1v) is 4.88. The van der Waals surface area contributed by atoms with Gasteiger partial charge < -0.3 is 15.9 Å². The number of rotatable bonds is 5. The van der Waals surface area contributed by atoms with Gasteiger partial charge in [0.25, 0.3) is 0 Å². The molecule has 2 atom stereocenters. The van der Waals surface area contributed by atoms with Crippen molar-refractivity contribution in [2.75, 3.05) is 6.54 Å². The molecule has 0 aliphatic rings. The molecule has 2 unspecified atom stereocenters. The monoisotopic (exact) mass is 235 g/mol. The van der Waals surface area contributed by atoms with Crippen LogP contribution in [-0.2, 0) is 0 Å². The molecule has 1 aromatic rings. The molecule has 90 valence electrons. The van der Waals surface area contributed by atoms with Crippen molar-refractivity contribution in [1.82, 2.24) is 0 Å². The first-order valence-electron chi connectivity index (χ1n) is 4.88. The quantitative estimate of drug-likeness (QED) is 0.196. The molecule has 0 aromatic heterocycles. The summed E-state index contributed by atoms with van der Waals surface area (Å²) in [5.41, 5.74) is 14.2. The predicted molar refractivity (Wildman–Crippen MR) is 62.4 cm³/mol. The van der Waals surface area contributed by atoms with Gasteiger partial charge in [0.05, 0.1) is 12.6 Å². The lowest BCUT2D eigenvalue weighted by atomic mass is 9.98. The summed E-state index contributed by atoms with van der Waals surface area (Å²) in [5.74, 6) is -0.198. The SMILES string of the molecule is [N-]=[N+]=NCC(O)C(O)c1ccccc1C(=N)N. The lowest BCUT2D eigenvalue weighted by molar-refractivity contribution is 0.0243. The van der Waals surface area contributed by atoms with Gasteiger partial charge in [-0.05, 0) is 11.1 Å². The molecule has 7 nitrogen and oxygen atoms in total. The standard InChI is InChI=1S/C10H13N5O2/c11-10(12)7-4-2-1-3-6(7)9(17)8(16)5-14-15-13/h1-4,8-9,16-17H,5H2,(H3,11,12). The van der Waals surface area contributed by atoms with E-state index in [-0.39, 0.29) is 12.4 Å². The number of hydrogen-bond donors (Lipinski definition) is 4. The van der Waals surface area contributed by atoms with E-state index in [0.29, 0.717) is 11.1 Å². The van der Waals surface area contributed by atoms with E-state index in [4.69, 9.17) is 16.7 Å². The Balaban J connectivity index is 2.98. The van der Waals surface area contributed by atoms with Crippen molar-refractivity contribution in [3.63, 3.8) is 0 Å². The highest BCUT2D eigenvalue weighted by Crippen LogP contribution is 2.21.